The number of amides is 1. The van der Waals surface area contributed by atoms with Crippen molar-refractivity contribution in [3.63, 3.8) is 0 Å². The maximum absolute atomic E-state index is 11.6. The third-order valence-electron chi connectivity index (χ3n) is 2.68. The predicted octanol–water partition coefficient (Wildman–Crippen LogP) is 2.58. The third-order valence-corrected chi connectivity index (χ3v) is 3.91. The average molecular weight is 295 g/mol. The molecule has 96 valence electrons. The van der Waals surface area contributed by atoms with Gasteiger partial charge in [-0.1, -0.05) is 11.6 Å². The quantitative estimate of drug-likeness (QED) is 0.896. The zero-order valence-electron chi connectivity index (χ0n) is 9.37. The lowest BCUT2D eigenvalue weighted by Crippen LogP contribution is -2.31. The first-order valence-corrected chi connectivity index (χ1v) is 6.68. The molecule has 1 aromatic heterocycles. The van der Waals surface area contributed by atoms with Gasteiger partial charge in [-0.15, -0.1) is 23.7 Å². The van der Waals surface area contributed by atoms with Gasteiger partial charge in [-0.3, -0.25) is 4.79 Å². The summed E-state index contributed by atoms with van der Waals surface area (Å²) in [5.41, 5.74) is 0. The van der Waals surface area contributed by atoms with Crippen LogP contribution in [-0.2, 0) is 11.3 Å². The van der Waals surface area contributed by atoms with Gasteiger partial charge in [0.1, 0.15) is 0 Å². The molecule has 0 bridgehead atoms. The lowest BCUT2D eigenvalue weighted by molar-refractivity contribution is -0.121. The van der Waals surface area contributed by atoms with E-state index in [1.165, 1.54) is 17.8 Å². The Bertz CT molecular complexity index is 364. The molecular weight excluding hydrogens is 279 g/mol. The van der Waals surface area contributed by atoms with E-state index in [1.807, 2.05) is 12.1 Å². The first kappa shape index (κ1) is 14.8. The van der Waals surface area contributed by atoms with Crippen LogP contribution in [-0.4, -0.2) is 18.5 Å². The fourth-order valence-electron chi connectivity index (χ4n) is 1.86. The van der Waals surface area contributed by atoms with Gasteiger partial charge in [0.2, 0.25) is 5.91 Å². The molecule has 0 aliphatic carbocycles. The molecule has 0 aromatic carbocycles. The number of hydrogen-bond acceptors (Lipinski definition) is 3. The number of hydrogen-bond donors (Lipinski definition) is 2. The Morgan fingerprint density at radius 1 is 1.59 bits per heavy atom. The molecule has 1 unspecified atom stereocenters. The lowest BCUT2D eigenvalue weighted by Gasteiger charge is -2.09. The molecule has 2 N–H and O–H groups in total. The number of thiophene rings is 1. The van der Waals surface area contributed by atoms with Crippen LogP contribution >= 0.6 is 35.3 Å². The number of rotatable bonds is 4. The SMILES string of the molecule is Cl.O=C(CC1CCCN1)NCc1ccc(Cl)s1. The van der Waals surface area contributed by atoms with Gasteiger partial charge in [-0.05, 0) is 31.5 Å². The van der Waals surface area contributed by atoms with Crippen LogP contribution in [0.3, 0.4) is 0 Å². The molecule has 3 nitrogen and oxygen atoms in total. The van der Waals surface area contributed by atoms with E-state index in [0.29, 0.717) is 19.0 Å². The molecule has 1 atom stereocenters. The van der Waals surface area contributed by atoms with E-state index in [2.05, 4.69) is 10.6 Å². The Balaban J connectivity index is 0.00000144. The molecule has 1 aliphatic heterocycles. The molecule has 17 heavy (non-hydrogen) atoms. The molecule has 1 amide bonds. The lowest BCUT2D eigenvalue weighted by atomic mass is 10.1. The molecule has 6 heteroatoms. The summed E-state index contributed by atoms with van der Waals surface area (Å²) in [5.74, 6) is 0.115. The number of carbonyl (C=O) groups is 1. The molecule has 2 rings (SSSR count). The fourth-order valence-corrected chi connectivity index (χ4v) is 2.89. The topological polar surface area (TPSA) is 41.1 Å². The molecule has 1 aromatic rings. The maximum atomic E-state index is 11.6. The van der Waals surface area contributed by atoms with Crippen LogP contribution in [0.2, 0.25) is 4.34 Å². The van der Waals surface area contributed by atoms with Crippen LogP contribution in [0.15, 0.2) is 12.1 Å². The molecular formula is C11H16Cl2N2OS. The highest BCUT2D eigenvalue weighted by Crippen LogP contribution is 2.21. The Morgan fingerprint density at radius 3 is 3.00 bits per heavy atom. The summed E-state index contributed by atoms with van der Waals surface area (Å²) in [7, 11) is 0. The van der Waals surface area contributed by atoms with Crippen LogP contribution in [0.25, 0.3) is 0 Å². The Kier molecular flexibility index (Phi) is 6.27. The molecule has 0 saturated carbocycles. The fraction of sp³-hybridized carbons (Fsp3) is 0.545. The summed E-state index contributed by atoms with van der Waals surface area (Å²) in [6.45, 7) is 1.63. The van der Waals surface area contributed by atoms with Gasteiger partial charge < -0.3 is 10.6 Å². The first-order valence-electron chi connectivity index (χ1n) is 5.48. The minimum atomic E-state index is 0. The minimum absolute atomic E-state index is 0. The van der Waals surface area contributed by atoms with Gasteiger partial charge in [0.25, 0.3) is 0 Å². The monoisotopic (exact) mass is 294 g/mol. The van der Waals surface area contributed by atoms with Crippen molar-refractivity contribution < 1.29 is 4.79 Å². The molecule has 1 aliphatic rings. The highest BCUT2D eigenvalue weighted by molar-refractivity contribution is 7.16. The van der Waals surface area contributed by atoms with E-state index >= 15 is 0 Å². The summed E-state index contributed by atoms with van der Waals surface area (Å²) < 4.78 is 0.765. The second kappa shape index (κ2) is 7.21. The first-order chi connectivity index (χ1) is 7.74. The van der Waals surface area contributed by atoms with Crippen molar-refractivity contribution in [2.75, 3.05) is 6.54 Å². The number of nitrogens with one attached hydrogen (secondary N) is 2. The summed E-state index contributed by atoms with van der Waals surface area (Å²) in [5, 5.41) is 6.22. The van der Waals surface area contributed by atoms with Crippen LogP contribution < -0.4 is 10.6 Å². The van der Waals surface area contributed by atoms with E-state index in [-0.39, 0.29) is 18.3 Å². The van der Waals surface area contributed by atoms with Crippen LogP contribution in [0, 0.1) is 0 Å². The second-order valence-corrected chi connectivity index (χ2v) is 5.78. The number of carbonyl (C=O) groups excluding carboxylic acids is 1. The predicted molar refractivity (Wildman–Crippen MR) is 74.1 cm³/mol. The molecule has 2 heterocycles. The number of halogens is 2. The van der Waals surface area contributed by atoms with E-state index in [4.69, 9.17) is 11.6 Å². The molecule has 0 radical (unpaired) electrons. The van der Waals surface area contributed by atoms with Crippen molar-refractivity contribution in [1.82, 2.24) is 10.6 Å². The van der Waals surface area contributed by atoms with Crippen LogP contribution in [0.4, 0.5) is 0 Å². The van der Waals surface area contributed by atoms with Gasteiger partial charge in [0, 0.05) is 17.3 Å². The van der Waals surface area contributed by atoms with Crippen molar-refractivity contribution in [3.8, 4) is 0 Å². The van der Waals surface area contributed by atoms with Gasteiger partial charge in [0.15, 0.2) is 0 Å². The minimum Gasteiger partial charge on any atom is -0.351 e. The van der Waals surface area contributed by atoms with Crippen molar-refractivity contribution in [2.24, 2.45) is 0 Å². The Hall–Kier alpha value is -0.290. The van der Waals surface area contributed by atoms with Crippen molar-refractivity contribution in [2.45, 2.75) is 31.8 Å². The van der Waals surface area contributed by atoms with Crippen LogP contribution in [0.5, 0.6) is 0 Å². The maximum Gasteiger partial charge on any atom is 0.221 e. The van der Waals surface area contributed by atoms with Crippen molar-refractivity contribution >= 4 is 41.3 Å². The second-order valence-electron chi connectivity index (χ2n) is 3.98. The zero-order valence-corrected chi connectivity index (χ0v) is 11.8. The molecule has 0 spiro atoms. The summed E-state index contributed by atoms with van der Waals surface area (Å²) >= 11 is 7.32. The van der Waals surface area contributed by atoms with Crippen LogP contribution in [0.1, 0.15) is 24.1 Å². The van der Waals surface area contributed by atoms with Crippen molar-refractivity contribution in [3.05, 3.63) is 21.3 Å². The molecule has 1 fully saturated rings. The largest absolute Gasteiger partial charge is 0.351 e. The highest BCUT2D eigenvalue weighted by Gasteiger charge is 2.17. The van der Waals surface area contributed by atoms with Gasteiger partial charge in [-0.2, -0.15) is 0 Å². The summed E-state index contributed by atoms with van der Waals surface area (Å²) in [6.07, 6.45) is 2.87. The zero-order chi connectivity index (χ0) is 11.4. The van der Waals surface area contributed by atoms with Gasteiger partial charge in [-0.25, -0.2) is 0 Å². The normalized spacial score (nSPS) is 18.8. The Morgan fingerprint density at radius 2 is 2.41 bits per heavy atom. The van der Waals surface area contributed by atoms with E-state index in [1.54, 1.807) is 0 Å². The van der Waals surface area contributed by atoms with Gasteiger partial charge >= 0.3 is 0 Å². The van der Waals surface area contributed by atoms with E-state index < -0.39 is 0 Å². The summed E-state index contributed by atoms with van der Waals surface area (Å²) in [4.78, 5) is 12.7. The molecule has 1 saturated heterocycles. The average Bonchev–Trinajstić information content (AvgIpc) is 2.87. The summed E-state index contributed by atoms with van der Waals surface area (Å²) in [6, 6.07) is 4.17. The Labute approximate surface area is 116 Å². The van der Waals surface area contributed by atoms with E-state index in [9.17, 15) is 4.79 Å². The smallest absolute Gasteiger partial charge is 0.221 e. The standard InChI is InChI=1S/C11H15ClN2OS.ClH/c12-10-4-3-9(16-10)7-14-11(15)6-8-2-1-5-13-8;/h3-4,8,13H,1-2,5-7H2,(H,14,15);1H. The third kappa shape index (κ3) is 4.84. The van der Waals surface area contributed by atoms with Crippen molar-refractivity contribution in [1.29, 1.82) is 0 Å². The highest BCUT2D eigenvalue weighted by atomic mass is 35.5. The van der Waals surface area contributed by atoms with E-state index in [0.717, 1.165) is 22.2 Å². The van der Waals surface area contributed by atoms with Gasteiger partial charge in [0.05, 0.1) is 10.9 Å².